The van der Waals surface area contributed by atoms with Crippen LogP contribution < -0.4 is 0 Å². The summed E-state index contributed by atoms with van der Waals surface area (Å²) in [5.41, 5.74) is 0. The molecule has 3 radical (unpaired) electrons. The Balaban J connectivity index is 2.45. The third-order valence-corrected chi connectivity index (χ3v) is 0.667. The maximum Gasteiger partial charge on any atom is 0.166 e. The molecule has 0 heterocycles. The summed E-state index contributed by atoms with van der Waals surface area (Å²) in [6.45, 7) is 0.787. The zero-order valence-electron chi connectivity index (χ0n) is 3.82. The number of rotatable bonds is 4. The van der Waals surface area contributed by atoms with Gasteiger partial charge in [-0.05, 0) is 6.04 Å². The van der Waals surface area contributed by atoms with Crippen molar-refractivity contribution in [1.29, 1.82) is 0 Å². The first-order valence-corrected chi connectivity index (χ1v) is 2.89. The SMILES string of the molecule is [Si]CCOCOCl. The molecule has 0 unspecified atom stereocenters. The maximum absolute atomic E-state index is 4.80. The van der Waals surface area contributed by atoms with Gasteiger partial charge in [-0.3, -0.25) is 4.29 Å². The van der Waals surface area contributed by atoms with Gasteiger partial charge in [0.15, 0.2) is 6.79 Å². The largest absolute Gasteiger partial charge is 0.354 e. The highest BCUT2D eigenvalue weighted by Crippen LogP contribution is 1.81. The summed E-state index contributed by atoms with van der Waals surface area (Å²) < 4.78 is 8.80. The molecule has 0 saturated heterocycles. The Labute approximate surface area is 51.3 Å². The molecule has 41 valence electrons. The summed E-state index contributed by atoms with van der Waals surface area (Å²) in [7, 11) is 3.20. The second-order valence-electron chi connectivity index (χ2n) is 0.885. The Morgan fingerprint density at radius 2 is 2.29 bits per heavy atom. The van der Waals surface area contributed by atoms with Gasteiger partial charge in [0.2, 0.25) is 0 Å². The number of hydrogen-bond acceptors (Lipinski definition) is 2. The van der Waals surface area contributed by atoms with Crippen LogP contribution >= 0.6 is 11.9 Å². The van der Waals surface area contributed by atoms with Crippen molar-refractivity contribution < 1.29 is 9.03 Å². The van der Waals surface area contributed by atoms with Crippen molar-refractivity contribution in [3.05, 3.63) is 0 Å². The van der Waals surface area contributed by atoms with E-state index in [9.17, 15) is 0 Å². The van der Waals surface area contributed by atoms with Crippen molar-refractivity contribution in [2.75, 3.05) is 13.4 Å². The summed E-state index contributed by atoms with van der Waals surface area (Å²) in [5, 5.41) is 0. The lowest BCUT2D eigenvalue weighted by Crippen LogP contribution is -1.94. The van der Waals surface area contributed by atoms with E-state index in [1.165, 1.54) is 0 Å². The third kappa shape index (κ3) is 6.43. The minimum atomic E-state index is 0.159. The molecular weight excluding hydrogens is 132 g/mol. The van der Waals surface area contributed by atoms with E-state index >= 15 is 0 Å². The van der Waals surface area contributed by atoms with Gasteiger partial charge < -0.3 is 4.74 Å². The van der Waals surface area contributed by atoms with Crippen LogP contribution in [-0.2, 0) is 9.03 Å². The van der Waals surface area contributed by atoms with Gasteiger partial charge in [-0.2, -0.15) is 0 Å². The van der Waals surface area contributed by atoms with E-state index in [1.807, 2.05) is 0 Å². The Kier molecular flexibility index (Phi) is 6.82. The highest BCUT2D eigenvalue weighted by molar-refractivity contribution is 6.08. The second kappa shape index (κ2) is 6.43. The van der Waals surface area contributed by atoms with Gasteiger partial charge in [0.1, 0.15) is 0 Å². The van der Waals surface area contributed by atoms with Gasteiger partial charge in [-0.1, -0.05) is 0 Å². The van der Waals surface area contributed by atoms with Gasteiger partial charge in [-0.25, -0.2) is 0 Å². The molecule has 0 fully saturated rings. The minimum Gasteiger partial charge on any atom is -0.354 e. The van der Waals surface area contributed by atoms with Crippen molar-refractivity contribution in [2.24, 2.45) is 0 Å². The monoisotopic (exact) mass is 137 g/mol. The summed E-state index contributed by atoms with van der Waals surface area (Å²) in [5.74, 6) is 0. The van der Waals surface area contributed by atoms with Crippen LogP contribution in [0.5, 0.6) is 0 Å². The van der Waals surface area contributed by atoms with Crippen molar-refractivity contribution in [3.8, 4) is 0 Å². The highest BCUT2D eigenvalue weighted by Gasteiger charge is 1.79. The first-order valence-electron chi connectivity index (χ1n) is 1.87. The van der Waals surface area contributed by atoms with Crippen LogP contribution in [0.15, 0.2) is 0 Å². The second-order valence-corrected chi connectivity index (χ2v) is 1.60. The fourth-order valence-electron chi connectivity index (χ4n) is 0.163. The zero-order chi connectivity index (χ0) is 5.54. The van der Waals surface area contributed by atoms with E-state index in [-0.39, 0.29) is 6.79 Å². The molecular formula is C3H6ClO2Si. The van der Waals surface area contributed by atoms with Crippen LogP contribution in [0.2, 0.25) is 6.04 Å². The molecule has 0 saturated carbocycles. The lowest BCUT2D eigenvalue weighted by atomic mass is 10.9. The lowest BCUT2D eigenvalue weighted by Gasteiger charge is -1.94. The van der Waals surface area contributed by atoms with Crippen molar-refractivity contribution in [1.82, 2.24) is 0 Å². The molecule has 0 bridgehead atoms. The molecule has 0 aliphatic carbocycles. The van der Waals surface area contributed by atoms with Gasteiger partial charge >= 0.3 is 0 Å². The fraction of sp³-hybridized carbons (Fsp3) is 1.00. The molecule has 0 aliphatic rings. The molecule has 2 nitrogen and oxygen atoms in total. The topological polar surface area (TPSA) is 18.5 Å². The van der Waals surface area contributed by atoms with Crippen LogP contribution in [0.25, 0.3) is 0 Å². The quantitative estimate of drug-likeness (QED) is 0.323. The molecule has 0 N–H and O–H groups in total. The van der Waals surface area contributed by atoms with E-state index in [0.717, 1.165) is 6.04 Å². The van der Waals surface area contributed by atoms with Crippen molar-refractivity contribution in [3.63, 3.8) is 0 Å². The number of hydrogen-bond donors (Lipinski definition) is 0. The molecule has 0 aromatic rings. The first-order chi connectivity index (χ1) is 3.41. The molecule has 0 aromatic heterocycles. The Morgan fingerprint density at radius 1 is 1.57 bits per heavy atom. The average Bonchev–Trinajstić information content (AvgIpc) is 1.69. The van der Waals surface area contributed by atoms with E-state index in [1.54, 1.807) is 0 Å². The lowest BCUT2D eigenvalue weighted by molar-refractivity contribution is 0.0287. The summed E-state index contributed by atoms with van der Waals surface area (Å²) in [4.78, 5) is 0. The predicted molar refractivity (Wildman–Crippen MR) is 28.3 cm³/mol. The van der Waals surface area contributed by atoms with Crippen LogP contribution in [0.1, 0.15) is 0 Å². The Morgan fingerprint density at radius 3 is 2.71 bits per heavy atom. The molecule has 4 heteroatoms. The molecule has 0 aliphatic heterocycles. The van der Waals surface area contributed by atoms with Crippen LogP contribution in [0, 0.1) is 0 Å². The van der Waals surface area contributed by atoms with E-state index in [2.05, 4.69) is 14.5 Å². The first kappa shape index (κ1) is 7.43. The minimum absolute atomic E-state index is 0.159. The fourth-order valence-corrected chi connectivity index (χ4v) is 0.370. The molecule has 0 spiro atoms. The standard InChI is InChI=1S/C3H6ClO2Si/c4-6-3-5-1-2-7/h1-3H2. The van der Waals surface area contributed by atoms with Crippen LogP contribution in [0.3, 0.4) is 0 Å². The molecule has 7 heavy (non-hydrogen) atoms. The van der Waals surface area contributed by atoms with Crippen molar-refractivity contribution in [2.45, 2.75) is 6.04 Å². The molecule has 0 aromatic carbocycles. The molecule has 0 rings (SSSR count). The molecule has 0 amide bonds. The number of ether oxygens (including phenoxy) is 1. The summed E-state index contributed by atoms with van der Waals surface area (Å²) >= 11 is 4.80. The van der Waals surface area contributed by atoms with Crippen LogP contribution in [-0.4, -0.2) is 23.6 Å². The Bertz CT molecular complexity index is 32.1. The maximum atomic E-state index is 4.80. The van der Waals surface area contributed by atoms with E-state index in [4.69, 9.17) is 16.6 Å². The third-order valence-electron chi connectivity index (χ3n) is 0.374. The van der Waals surface area contributed by atoms with Gasteiger partial charge in [0, 0.05) is 16.8 Å². The highest BCUT2D eigenvalue weighted by atomic mass is 35.5. The average molecular weight is 138 g/mol. The van der Waals surface area contributed by atoms with E-state index in [0.29, 0.717) is 6.61 Å². The summed E-state index contributed by atoms with van der Waals surface area (Å²) in [6.07, 6.45) is 0. The Hall–Kier alpha value is 0.427. The van der Waals surface area contributed by atoms with Crippen LogP contribution in [0.4, 0.5) is 0 Å². The normalized spacial score (nSPS) is 9.43. The summed E-state index contributed by atoms with van der Waals surface area (Å²) in [6, 6.07) is 0.806. The zero-order valence-corrected chi connectivity index (χ0v) is 5.57. The van der Waals surface area contributed by atoms with E-state index < -0.39 is 0 Å². The predicted octanol–water partition coefficient (Wildman–Crippen LogP) is 0.718. The smallest absolute Gasteiger partial charge is 0.166 e. The molecule has 0 atom stereocenters. The van der Waals surface area contributed by atoms with Gasteiger partial charge in [-0.15, -0.1) is 0 Å². The number of halogens is 1. The van der Waals surface area contributed by atoms with Gasteiger partial charge in [0.25, 0.3) is 0 Å². The van der Waals surface area contributed by atoms with Gasteiger partial charge in [0.05, 0.1) is 11.9 Å². The van der Waals surface area contributed by atoms with Crippen molar-refractivity contribution >= 4 is 22.1 Å².